The third-order valence-corrected chi connectivity index (χ3v) is 13.6. The fourth-order valence-corrected chi connectivity index (χ4v) is 8.90. The van der Waals surface area contributed by atoms with Gasteiger partial charge in [0.2, 0.25) is 0 Å². The molecule has 0 saturated heterocycles. The highest BCUT2D eigenvalue weighted by atomic mass is 16.6. The van der Waals surface area contributed by atoms with Crippen molar-refractivity contribution in [3.05, 3.63) is 85.1 Å². The van der Waals surface area contributed by atoms with E-state index in [9.17, 15) is 14.4 Å². The molecule has 0 spiro atoms. The van der Waals surface area contributed by atoms with E-state index < -0.39 is 6.10 Å². The van der Waals surface area contributed by atoms with Crippen LogP contribution in [0, 0.1) is 0 Å². The molecular formula is C68H118O6. The zero-order valence-corrected chi connectivity index (χ0v) is 48.8. The van der Waals surface area contributed by atoms with Crippen molar-refractivity contribution in [1.82, 2.24) is 0 Å². The van der Waals surface area contributed by atoms with Gasteiger partial charge in [0.15, 0.2) is 6.10 Å². The van der Waals surface area contributed by atoms with Crippen LogP contribution in [0.5, 0.6) is 0 Å². The highest BCUT2D eigenvalue weighted by Gasteiger charge is 2.19. The third kappa shape index (κ3) is 59.5. The SMILES string of the molecule is CC/C=C\C/C=C\C/C=C\C/C=C\C/C=C\CCCCCCCC(=O)OCC(COC(=O)CCCCCCC/C=C\C/C=C\CCCC)OC(=O)CCCCCCCCCCCCCCCCCCCCCCC. The molecule has 0 N–H and O–H groups in total. The molecule has 0 amide bonds. The molecule has 0 radical (unpaired) electrons. The Morgan fingerprint density at radius 1 is 0.284 bits per heavy atom. The molecule has 0 aliphatic rings. The fraction of sp³-hybridized carbons (Fsp3) is 0.750. The van der Waals surface area contributed by atoms with Gasteiger partial charge in [0.1, 0.15) is 13.2 Å². The molecule has 0 rings (SSSR count). The maximum atomic E-state index is 12.9. The number of rotatable bonds is 57. The number of hydrogen-bond donors (Lipinski definition) is 0. The maximum absolute atomic E-state index is 12.9. The van der Waals surface area contributed by atoms with E-state index in [1.807, 2.05) is 0 Å². The van der Waals surface area contributed by atoms with E-state index in [2.05, 4.69) is 106 Å². The van der Waals surface area contributed by atoms with Crippen molar-refractivity contribution in [1.29, 1.82) is 0 Å². The molecule has 0 saturated carbocycles. The maximum Gasteiger partial charge on any atom is 0.306 e. The van der Waals surface area contributed by atoms with E-state index >= 15 is 0 Å². The third-order valence-electron chi connectivity index (χ3n) is 13.6. The largest absolute Gasteiger partial charge is 0.462 e. The van der Waals surface area contributed by atoms with Crippen molar-refractivity contribution in [2.75, 3.05) is 13.2 Å². The lowest BCUT2D eigenvalue weighted by Gasteiger charge is -2.18. The summed E-state index contributed by atoms with van der Waals surface area (Å²) in [4.78, 5) is 38.3. The molecule has 0 aromatic heterocycles. The highest BCUT2D eigenvalue weighted by Crippen LogP contribution is 2.17. The van der Waals surface area contributed by atoms with Crippen LogP contribution in [0.25, 0.3) is 0 Å². The van der Waals surface area contributed by atoms with Crippen LogP contribution in [0.15, 0.2) is 85.1 Å². The second-order valence-electron chi connectivity index (χ2n) is 20.9. The van der Waals surface area contributed by atoms with E-state index in [0.29, 0.717) is 19.3 Å². The van der Waals surface area contributed by atoms with Crippen LogP contribution in [0.4, 0.5) is 0 Å². The van der Waals surface area contributed by atoms with Gasteiger partial charge in [0, 0.05) is 19.3 Å². The molecule has 0 heterocycles. The molecule has 1 unspecified atom stereocenters. The van der Waals surface area contributed by atoms with Gasteiger partial charge in [-0.1, -0.05) is 286 Å². The van der Waals surface area contributed by atoms with E-state index in [1.54, 1.807) is 0 Å². The number of unbranched alkanes of at least 4 members (excludes halogenated alkanes) is 32. The summed E-state index contributed by atoms with van der Waals surface area (Å²) < 4.78 is 16.9. The Balaban J connectivity index is 4.38. The zero-order valence-electron chi connectivity index (χ0n) is 48.8. The predicted octanol–water partition coefficient (Wildman–Crippen LogP) is 21.5. The van der Waals surface area contributed by atoms with Crippen LogP contribution in [0.1, 0.15) is 310 Å². The highest BCUT2D eigenvalue weighted by molar-refractivity contribution is 5.71. The molecule has 426 valence electrons. The van der Waals surface area contributed by atoms with Gasteiger partial charge >= 0.3 is 17.9 Å². The van der Waals surface area contributed by atoms with Crippen LogP contribution in [0.2, 0.25) is 0 Å². The van der Waals surface area contributed by atoms with Crippen molar-refractivity contribution < 1.29 is 28.6 Å². The molecule has 6 heteroatoms. The summed E-state index contributed by atoms with van der Waals surface area (Å²) in [6, 6.07) is 0. The van der Waals surface area contributed by atoms with Crippen molar-refractivity contribution in [2.45, 2.75) is 316 Å². The van der Waals surface area contributed by atoms with Crippen LogP contribution in [-0.2, 0) is 28.6 Å². The summed E-state index contributed by atoms with van der Waals surface area (Å²) in [5.41, 5.74) is 0. The minimum absolute atomic E-state index is 0.0881. The minimum Gasteiger partial charge on any atom is -0.462 e. The Kier molecular flexibility index (Phi) is 59.3. The Morgan fingerprint density at radius 3 is 0.865 bits per heavy atom. The average molecular weight is 1030 g/mol. The van der Waals surface area contributed by atoms with Crippen molar-refractivity contribution in [3.63, 3.8) is 0 Å². The van der Waals surface area contributed by atoms with Crippen molar-refractivity contribution >= 4 is 17.9 Å². The molecule has 0 aliphatic heterocycles. The summed E-state index contributed by atoms with van der Waals surface area (Å²) >= 11 is 0. The van der Waals surface area contributed by atoms with Gasteiger partial charge < -0.3 is 14.2 Å². The van der Waals surface area contributed by atoms with Gasteiger partial charge in [-0.25, -0.2) is 0 Å². The Morgan fingerprint density at radius 2 is 0.541 bits per heavy atom. The Labute approximate surface area is 458 Å². The first-order valence-corrected chi connectivity index (χ1v) is 31.6. The minimum atomic E-state index is -0.791. The summed E-state index contributed by atoms with van der Waals surface area (Å²) in [6.45, 7) is 6.49. The lowest BCUT2D eigenvalue weighted by Crippen LogP contribution is -2.30. The Bertz CT molecular complexity index is 1420. The van der Waals surface area contributed by atoms with Crippen LogP contribution in [-0.4, -0.2) is 37.2 Å². The number of carbonyl (C=O) groups excluding carboxylic acids is 3. The first kappa shape index (κ1) is 70.6. The van der Waals surface area contributed by atoms with Crippen LogP contribution >= 0.6 is 0 Å². The first-order chi connectivity index (χ1) is 36.5. The number of esters is 3. The van der Waals surface area contributed by atoms with Gasteiger partial charge in [-0.15, -0.1) is 0 Å². The van der Waals surface area contributed by atoms with Gasteiger partial charge in [-0.2, -0.15) is 0 Å². The summed E-state index contributed by atoms with van der Waals surface area (Å²) in [5.74, 6) is -0.906. The molecule has 0 aliphatic carbocycles. The van der Waals surface area contributed by atoms with E-state index in [4.69, 9.17) is 14.2 Å². The molecule has 0 bridgehead atoms. The molecule has 74 heavy (non-hydrogen) atoms. The van der Waals surface area contributed by atoms with Gasteiger partial charge in [-0.3, -0.25) is 14.4 Å². The average Bonchev–Trinajstić information content (AvgIpc) is 3.40. The second kappa shape index (κ2) is 62.1. The van der Waals surface area contributed by atoms with Crippen molar-refractivity contribution in [2.24, 2.45) is 0 Å². The number of allylic oxidation sites excluding steroid dienone is 14. The molecule has 0 aromatic carbocycles. The monoisotopic (exact) mass is 1030 g/mol. The molecular weight excluding hydrogens is 913 g/mol. The molecule has 6 nitrogen and oxygen atoms in total. The molecule has 0 fully saturated rings. The van der Waals surface area contributed by atoms with Crippen LogP contribution in [0.3, 0.4) is 0 Å². The van der Waals surface area contributed by atoms with Gasteiger partial charge in [-0.05, 0) is 89.9 Å². The van der Waals surface area contributed by atoms with Crippen LogP contribution < -0.4 is 0 Å². The lowest BCUT2D eigenvalue weighted by atomic mass is 10.0. The second-order valence-corrected chi connectivity index (χ2v) is 20.9. The topological polar surface area (TPSA) is 78.9 Å². The summed E-state index contributed by atoms with van der Waals surface area (Å²) in [5, 5.41) is 0. The summed E-state index contributed by atoms with van der Waals surface area (Å²) in [7, 11) is 0. The molecule has 1 atom stereocenters. The number of carbonyl (C=O) groups is 3. The van der Waals surface area contributed by atoms with Gasteiger partial charge in [0.05, 0.1) is 0 Å². The van der Waals surface area contributed by atoms with Gasteiger partial charge in [0.25, 0.3) is 0 Å². The van der Waals surface area contributed by atoms with E-state index in [1.165, 1.54) is 135 Å². The number of hydrogen-bond acceptors (Lipinski definition) is 6. The normalized spacial score (nSPS) is 12.6. The summed E-state index contributed by atoms with van der Waals surface area (Å²) in [6.07, 6.45) is 81.5. The fourth-order valence-electron chi connectivity index (χ4n) is 8.90. The zero-order chi connectivity index (χ0) is 53.6. The lowest BCUT2D eigenvalue weighted by molar-refractivity contribution is -0.167. The molecule has 0 aromatic rings. The quantitative estimate of drug-likeness (QED) is 0.0261. The predicted molar refractivity (Wildman–Crippen MR) is 321 cm³/mol. The standard InChI is InChI=1S/C68H118O6/c1-4-7-10-13-16-19-22-25-28-30-32-34-36-38-40-43-46-49-52-55-58-61-67(70)73-64-65(63-72-66(69)60-57-54-51-48-45-42-27-24-21-18-15-12-9-6-3)74-68(71)62-59-56-53-50-47-44-41-39-37-35-33-31-29-26-23-20-17-14-11-8-5-2/h7,10,15-16,18-19,24-25,27-28,32,34,38,40,65H,4-6,8-9,11-14,17,20-23,26,29-31,33,35-37,39,41-64H2,1-3H3/b10-7-,18-15-,19-16-,27-24-,28-25-,34-32-,40-38-. The smallest absolute Gasteiger partial charge is 0.306 e. The number of ether oxygens (including phenoxy) is 3. The van der Waals surface area contributed by atoms with E-state index in [-0.39, 0.29) is 31.1 Å². The first-order valence-electron chi connectivity index (χ1n) is 31.6. The Hall–Kier alpha value is -3.41. The van der Waals surface area contributed by atoms with E-state index in [0.717, 1.165) is 135 Å². The van der Waals surface area contributed by atoms with Crippen molar-refractivity contribution in [3.8, 4) is 0 Å².